The summed E-state index contributed by atoms with van der Waals surface area (Å²) < 4.78 is 13.2. The van der Waals surface area contributed by atoms with Crippen LogP contribution in [0.1, 0.15) is 122 Å². The molecule has 0 aliphatic carbocycles. The second-order valence-electron chi connectivity index (χ2n) is 11.8. The number of rotatable bonds is 19. The molecule has 4 aromatic heterocycles. The number of fused-ring (bicyclic) bond motifs is 6. The molecule has 1 aromatic carbocycles. The van der Waals surface area contributed by atoms with Gasteiger partial charge in [0.2, 0.25) is 0 Å². The van der Waals surface area contributed by atoms with Crippen molar-refractivity contribution in [1.82, 2.24) is 8.75 Å². The van der Waals surface area contributed by atoms with Crippen molar-refractivity contribution < 1.29 is 0 Å². The maximum absolute atomic E-state index is 4.70. The molecule has 41 heavy (non-hydrogen) atoms. The normalized spacial score (nSPS) is 12.9. The number of aromatic nitrogens is 2. The second kappa shape index (κ2) is 16.3. The van der Waals surface area contributed by atoms with Crippen molar-refractivity contribution in [3.05, 3.63) is 32.9 Å². The first kappa shape index (κ1) is 31.6. The van der Waals surface area contributed by atoms with Crippen LogP contribution in [-0.2, 0) is 6.42 Å². The molecule has 0 saturated carbocycles. The lowest BCUT2D eigenvalue weighted by Crippen LogP contribution is -2.05. The first-order valence-electron chi connectivity index (χ1n) is 16.0. The number of unbranched alkanes of at least 4 members (excludes halogenated alkanes) is 12. The molecule has 4 heterocycles. The van der Waals surface area contributed by atoms with Crippen molar-refractivity contribution in [1.29, 1.82) is 0 Å². The van der Waals surface area contributed by atoms with Gasteiger partial charge in [-0.25, -0.2) is 0 Å². The molecule has 5 rings (SSSR count). The van der Waals surface area contributed by atoms with E-state index in [9.17, 15) is 0 Å². The van der Waals surface area contributed by atoms with Crippen molar-refractivity contribution in [3.63, 3.8) is 0 Å². The number of benzene rings is 1. The fourth-order valence-corrected chi connectivity index (χ4v) is 10.7. The highest BCUT2D eigenvalue weighted by atomic mass is 79.9. The Balaban J connectivity index is 1.24. The Morgan fingerprint density at radius 1 is 0.659 bits per heavy atom. The largest absolute Gasteiger partial charge is 0.172 e. The van der Waals surface area contributed by atoms with Gasteiger partial charge in [-0.15, -0.1) is 34.0 Å². The van der Waals surface area contributed by atoms with Crippen LogP contribution in [0.5, 0.6) is 0 Å². The third-order valence-corrected chi connectivity index (χ3v) is 13.1. The Kier molecular flexibility index (Phi) is 12.5. The Morgan fingerprint density at radius 2 is 1.22 bits per heavy atom. The Bertz CT molecular complexity index is 1490. The van der Waals surface area contributed by atoms with Crippen LogP contribution in [0.2, 0.25) is 0 Å². The minimum absolute atomic E-state index is 0.829. The predicted molar refractivity (Wildman–Crippen MR) is 192 cm³/mol. The van der Waals surface area contributed by atoms with Crippen molar-refractivity contribution >= 4 is 92.9 Å². The lowest BCUT2D eigenvalue weighted by molar-refractivity contribution is 0.400. The zero-order chi connectivity index (χ0) is 28.4. The van der Waals surface area contributed by atoms with Gasteiger partial charge in [0.15, 0.2) is 0 Å². The molecule has 0 aliphatic rings. The molecule has 5 aromatic rings. The number of hydrogen-bond acceptors (Lipinski definition) is 6. The highest BCUT2D eigenvalue weighted by molar-refractivity contribution is 9.11. The highest BCUT2D eigenvalue weighted by Crippen LogP contribution is 2.47. The second-order valence-corrected chi connectivity index (χ2v) is 16.7. The van der Waals surface area contributed by atoms with Gasteiger partial charge in [-0.2, -0.15) is 8.75 Å². The third-order valence-electron chi connectivity index (χ3n) is 8.49. The summed E-state index contributed by atoms with van der Waals surface area (Å²) in [5.41, 5.74) is 3.66. The molecule has 0 fully saturated rings. The van der Waals surface area contributed by atoms with Gasteiger partial charge in [-0.3, -0.25) is 0 Å². The number of thiophene rings is 3. The van der Waals surface area contributed by atoms with Gasteiger partial charge in [-0.05, 0) is 57.4 Å². The minimum Gasteiger partial charge on any atom is -0.172 e. The van der Waals surface area contributed by atoms with Crippen LogP contribution >= 0.6 is 61.7 Å². The highest BCUT2D eigenvalue weighted by Gasteiger charge is 2.19. The maximum atomic E-state index is 4.70. The van der Waals surface area contributed by atoms with E-state index in [1.54, 1.807) is 5.56 Å². The number of hydrogen-bond donors (Lipinski definition) is 0. The third kappa shape index (κ3) is 8.41. The minimum atomic E-state index is 0.829. The summed E-state index contributed by atoms with van der Waals surface area (Å²) in [5.74, 6) is 0.829. The zero-order valence-corrected chi connectivity index (χ0v) is 29.7. The summed E-state index contributed by atoms with van der Waals surface area (Å²) >= 11 is 10.7. The van der Waals surface area contributed by atoms with E-state index in [2.05, 4.69) is 57.7 Å². The topological polar surface area (TPSA) is 25.8 Å². The zero-order valence-electron chi connectivity index (χ0n) is 24.8. The molecule has 0 amide bonds. The summed E-state index contributed by atoms with van der Waals surface area (Å²) in [4.78, 5) is 2.78. The first-order chi connectivity index (χ1) is 20.2. The van der Waals surface area contributed by atoms with Crippen LogP contribution in [0.4, 0.5) is 0 Å². The summed E-state index contributed by atoms with van der Waals surface area (Å²) in [6.45, 7) is 4.62. The Labute approximate surface area is 271 Å². The van der Waals surface area contributed by atoms with Crippen LogP contribution in [0, 0.1) is 5.92 Å². The summed E-state index contributed by atoms with van der Waals surface area (Å²) in [6.07, 6.45) is 23.7. The molecule has 0 bridgehead atoms. The van der Waals surface area contributed by atoms with Crippen LogP contribution in [0.25, 0.3) is 41.0 Å². The van der Waals surface area contributed by atoms with Gasteiger partial charge in [-0.1, -0.05) is 117 Å². The standard InChI is InChI=1S/C34H45BrN2S4/c1-3-5-7-9-11-12-14-16-18-24(17-15-13-10-8-6-4-2)19-25-20-28(38-23-25)29-21-26-31-32(37-41-36-31)27-22-30(35)40-34(27)33(26)39-29/h20-24H,3-19H2,1-2H3. The summed E-state index contributed by atoms with van der Waals surface area (Å²) in [5, 5.41) is 4.94. The van der Waals surface area contributed by atoms with Gasteiger partial charge < -0.3 is 0 Å². The number of halogens is 1. The average molecular weight is 690 g/mol. The van der Waals surface area contributed by atoms with Crippen LogP contribution in [-0.4, -0.2) is 8.75 Å². The maximum Gasteiger partial charge on any atom is 0.114 e. The lowest BCUT2D eigenvalue weighted by Gasteiger charge is -2.16. The van der Waals surface area contributed by atoms with Gasteiger partial charge >= 0.3 is 0 Å². The molecule has 1 atom stereocenters. The molecule has 0 N–H and O–H groups in total. The average Bonchev–Trinajstić information content (AvgIpc) is 3.77. The SMILES string of the molecule is CCCCCCCCCCC(CCCCCCCC)Cc1csc(-c2cc3c4nsnc4c4cc(Br)sc4c3s2)c1. The molecule has 0 radical (unpaired) electrons. The number of nitrogens with zero attached hydrogens (tertiary/aromatic N) is 2. The van der Waals surface area contributed by atoms with E-state index in [0.717, 1.165) is 20.7 Å². The van der Waals surface area contributed by atoms with Crippen molar-refractivity contribution in [2.75, 3.05) is 0 Å². The quantitative estimate of drug-likeness (QED) is 0.0807. The van der Waals surface area contributed by atoms with E-state index in [1.165, 1.54) is 151 Å². The molecular weight excluding hydrogens is 645 g/mol. The fourth-order valence-electron chi connectivity index (χ4n) is 6.18. The Morgan fingerprint density at radius 3 is 1.85 bits per heavy atom. The van der Waals surface area contributed by atoms with Gasteiger partial charge in [0.05, 0.1) is 24.9 Å². The van der Waals surface area contributed by atoms with Crippen molar-refractivity contribution in [3.8, 4) is 9.75 Å². The molecule has 2 nitrogen and oxygen atoms in total. The summed E-state index contributed by atoms with van der Waals surface area (Å²) in [7, 11) is 0. The van der Waals surface area contributed by atoms with Gasteiger partial charge in [0.25, 0.3) is 0 Å². The van der Waals surface area contributed by atoms with Gasteiger partial charge in [0, 0.05) is 20.5 Å². The van der Waals surface area contributed by atoms with E-state index >= 15 is 0 Å². The molecule has 7 heteroatoms. The van der Waals surface area contributed by atoms with E-state index < -0.39 is 0 Å². The lowest BCUT2D eigenvalue weighted by atomic mass is 9.89. The molecular formula is C34H45BrN2S4. The van der Waals surface area contributed by atoms with E-state index in [0.29, 0.717) is 0 Å². The van der Waals surface area contributed by atoms with E-state index in [4.69, 9.17) is 4.37 Å². The molecule has 222 valence electrons. The predicted octanol–water partition coefficient (Wildman–Crippen LogP) is 14.1. The van der Waals surface area contributed by atoms with Crippen molar-refractivity contribution in [2.45, 2.75) is 123 Å². The Hall–Kier alpha value is -0.860. The summed E-state index contributed by atoms with van der Waals surface area (Å²) in [6, 6.07) is 7.08. The molecule has 0 saturated heterocycles. The van der Waals surface area contributed by atoms with Gasteiger partial charge in [0.1, 0.15) is 11.0 Å². The van der Waals surface area contributed by atoms with E-state index in [1.807, 2.05) is 34.0 Å². The smallest absolute Gasteiger partial charge is 0.114 e. The monoisotopic (exact) mass is 688 g/mol. The van der Waals surface area contributed by atoms with Crippen LogP contribution in [0.3, 0.4) is 0 Å². The van der Waals surface area contributed by atoms with Crippen LogP contribution in [0.15, 0.2) is 27.4 Å². The van der Waals surface area contributed by atoms with E-state index in [-0.39, 0.29) is 0 Å². The van der Waals surface area contributed by atoms with Crippen LogP contribution < -0.4 is 0 Å². The first-order valence-corrected chi connectivity index (χ1v) is 20.1. The van der Waals surface area contributed by atoms with Crippen molar-refractivity contribution in [2.24, 2.45) is 5.92 Å². The molecule has 0 aliphatic heterocycles. The fraction of sp³-hybridized carbons (Fsp3) is 0.588. The molecule has 1 unspecified atom stereocenters. The molecule has 0 spiro atoms.